The van der Waals surface area contributed by atoms with Crippen molar-refractivity contribution in [2.24, 2.45) is 5.92 Å². The highest BCUT2D eigenvalue weighted by Gasteiger charge is 2.36. The van der Waals surface area contributed by atoms with Gasteiger partial charge in [0, 0.05) is 13.2 Å². The van der Waals surface area contributed by atoms with Crippen LogP contribution in [-0.4, -0.2) is 25.8 Å². The monoisotopic (exact) mass is 233 g/mol. The number of rotatable bonds is 7. The zero-order valence-electron chi connectivity index (χ0n) is 10.9. The van der Waals surface area contributed by atoms with Gasteiger partial charge in [-0.3, -0.25) is 0 Å². The zero-order chi connectivity index (χ0) is 12.1. The average Bonchev–Trinajstić information content (AvgIpc) is 3.16. The minimum atomic E-state index is 0.371. The first kappa shape index (κ1) is 12.6. The van der Waals surface area contributed by atoms with Gasteiger partial charge in [-0.05, 0) is 37.3 Å². The molecule has 0 heterocycles. The van der Waals surface area contributed by atoms with Crippen molar-refractivity contribution in [2.45, 2.75) is 38.3 Å². The fourth-order valence-corrected chi connectivity index (χ4v) is 2.54. The summed E-state index contributed by atoms with van der Waals surface area (Å²) in [6.07, 6.45) is 4.09. The standard InChI is InChI=1S/C15H23NO/c1-3-16-14(15(17-2)13-9-10-13)11-12-7-5-4-6-8-12/h4-8,13-16H,3,9-11H2,1-2H3. The number of likely N-dealkylation sites (N-methyl/N-ethyl adjacent to an activating group) is 1. The van der Waals surface area contributed by atoms with Gasteiger partial charge >= 0.3 is 0 Å². The Balaban J connectivity index is 2.00. The Bertz CT molecular complexity index is 321. The van der Waals surface area contributed by atoms with Gasteiger partial charge < -0.3 is 10.1 Å². The molecule has 1 aromatic rings. The highest BCUT2D eigenvalue weighted by molar-refractivity contribution is 5.16. The normalized spacial score (nSPS) is 18.9. The highest BCUT2D eigenvalue weighted by Crippen LogP contribution is 2.36. The molecule has 2 heteroatoms. The maximum Gasteiger partial charge on any atom is 0.0755 e. The van der Waals surface area contributed by atoms with Crippen LogP contribution in [0.1, 0.15) is 25.3 Å². The largest absolute Gasteiger partial charge is 0.380 e. The molecule has 0 saturated heterocycles. The van der Waals surface area contributed by atoms with Crippen LogP contribution in [0.25, 0.3) is 0 Å². The Hall–Kier alpha value is -0.860. The van der Waals surface area contributed by atoms with Crippen LogP contribution in [0.2, 0.25) is 0 Å². The third-order valence-corrected chi connectivity index (χ3v) is 3.52. The second-order valence-corrected chi connectivity index (χ2v) is 4.89. The molecule has 0 radical (unpaired) electrons. The summed E-state index contributed by atoms with van der Waals surface area (Å²) in [6, 6.07) is 11.1. The second-order valence-electron chi connectivity index (χ2n) is 4.89. The van der Waals surface area contributed by atoms with E-state index in [1.54, 1.807) is 0 Å². The van der Waals surface area contributed by atoms with Crippen molar-refractivity contribution in [3.05, 3.63) is 35.9 Å². The Morgan fingerprint density at radius 3 is 2.53 bits per heavy atom. The molecule has 2 nitrogen and oxygen atoms in total. The third kappa shape index (κ3) is 3.55. The molecular weight excluding hydrogens is 210 g/mol. The van der Waals surface area contributed by atoms with Gasteiger partial charge in [-0.2, -0.15) is 0 Å². The summed E-state index contributed by atoms with van der Waals surface area (Å²) in [7, 11) is 1.85. The van der Waals surface area contributed by atoms with Gasteiger partial charge in [0.25, 0.3) is 0 Å². The number of hydrogen-bond donors (Lipinski definition) is 1. The lowest BCUT2D eigenvalue weighted by atomic mass is 9.98. The van der Waals surface area contributed by atoms with E-state index in [4.69, 9.17) is 4.74 Å². The van der Waals surface area contributed by atoms with Gasteiger partial charge in [-0.1, -0.05) is 37.3 Å². The summed E-state index contributed by atoms with van der Waals surface area (Å²) in [5.41, 5.74) is 1.39. The smallest absolute Gasteiger partial charge is 0.0755 e. The molecule has 1 N–H and O–H groups in total. The fourth-order valence-electron chi connectivity index (χ4n) is 2.54. The van der Waals surface area contributed by atoms with Crippen molar-refractivity contribution < 1.29 is 4.74 Å². The molecule has 2 atom stereocenters. The van der Waals surface area contributed by atoms with Gasteiger partial charge in [0.2, 0.25) is 0 Å². The molecule has 2 rings (SSSR count). The van der Waals surface area contributed by atoms with Crippen LogP contribution in [0.3, 0.4) is 0 Å². The quantitative estimate of drug-likeness (QED) is 0.781. The van der Waals surface area contributed by atoms with Crippen LogP contribution in [0.5, 0.6) is 0 Å². The lowest BCUT2D eigenvalue weighted by Crippen LogP contribution is -2.43. The molecule has 94 valence electrons. The lowest BCUT2D eigenvalue weighted by molar-refractivity contribution is 0.0516. The minimum Gasteiger partial charge on any atom is -0.380 e. The first-order valence-electron chi connectivity index (χ1n) is 6.65. The minimum absolute atomic E-state index is 0.371. The molecule has 0 bridgehead atoms. The Morgan fingerprint density at radius 1 is 1.29 bits per heavy atom. The van der Waals surface area contributed by atoms with Gasteiger partial charge in [0.15, 0.2) is 0 Å². The molecule has 17 heavy (non-hydrogen) atoms. The van der Waals surface area contributed by atoms with Gasteiger partial charge in [0.1, 0.15) is 0 Å². The van der Waals surface area contributed by atoms with Gasteiger partial charge in [0.05, 0.1) is 6.10 Å². The molecule has 0 spiro atoms. The topological polar surface area (TPSA) is 21.3 Å². The maximum absolute atomic E-state index is 5.70. The van der Waals surface area contributed by atoms with Crippen molar-refractivity contribution >= 4 is 0 Å². The van der Waals surface area contributed by atoms with Gasteiger partial charge in [-0.25, -0.2) is 0 Å². The van der Waals surface area contributed by atoms with Crippen LogP contribution in [0.4, 0.5) is 0 Å². The predicted molar refractivity (Wildman–Crippen MR) is 71.1 cm³/mol. The van der Waals surface area contributed by atoms with Crippen LogP contribution in [0.15, 0.2) is 30.3 Å². The first-order chi connectivity index (χ1) is 8.35. The Kier molecular flexibility index (Phi) is 4.57. The SMILES string of the molecule is CCNC(Cc1ccccc1)C(OC)C1CC1. The Labute approximate surface area is 104 Å². The summed E-state index contributed by atoms with van der Waals surface area (Å²) < 4.78 is 5.70. The molecule has 1 aromatic carbocycles. The fraction of sp³-hybridized carbons (Fsp3) is 0.600. The molecule has 0 aliphatic heterocycles. The van der Waals surface area contributed by atoms with Crippen molar-refractivity contribution in [3.8, 4) is 0 Å². The summed E-state index contributed by atoms with van der Waals surface area (Å²) in [5.74, 6) is 0.771. The second kappa shape index (κ2) is 6.18. The lowest BCUT2D eigenvalue weighted by Gasteiger charge is -2.27. The van der Waals surface area contributed by atoms with Crippen LogP contribution >= 0.6 is 0 Å². The molecule has 2 unspecified atom stereocenters. The molecule has 1 aliphatic rings. The van der Waals surface area contributed by atoms with Crippen LogP contribution in [-0.2, 0) is 11.2 Å². The van der Waals surface area contributed by atoms with Crippen molar-refractivity contribution in [1.29, 1.82) is 0 Å². The van der Waals surface area contributed by atoms with Crippen LogP contribution in [0, 0.1) is 5.92 Å². The zero-order valence-corrected chi connectivity index (χ0v) is 10.9. The molecular formula is C15H23NO. The van der Waals surface area contributed by atoms with E-state index in [0.717, 1.165) is 18.9 Å². The maximum atomic E-state index is 5.70. The summed E-state index contributed by atoms with van der Waals surface area (Å²) in [6.45, 7) is 3.17. The van der Waals surface area contributed by atoms with Crippen molar-refractivity contribution in [3.63, 3.8) is 0 Å². The molecule has 1 aliphatic carbocycles. The number of benzene rings is 1. The van der Waals surface area contributed by atoms with E-state index in [0.29, 0.717) is 12.1 Å². The third-order valence-electron chi connectivity index (χ3n) is 3.52. The van der Waals surface area contributed by atoms with E-state index in [9.17, 15) is 0 Å². The molecule has 1 saturated carbocycles. The number of methoxy groups -OCH3 is 1. The average molecular weight is 233 g/mol. The summed E-state index contributed by atoms with van der Waals surface area (Å²) in [4.78, 5) is 0. The molecule has 0 aromatic heterocycles. The van der Waals surface area contributed by atoms with E-state index in [-0.39, 0.29) is 0 Å². The summed E-state index contributed by atoms with van der Waals surface area (Å²) in [5, 5.41) is 3.58. The van der Waals surface area contributed by atoms with E-state index in [2.05, 4.69) is 42.6 Å². The van der Waals surface area contributed by atoms with Gasteiger partial charge in [-0.15, -0.1) is 0 Å². The number of nitrogens with one attached hydrogen (secondary N) is 1. The number of ether oxygens (including phenoxy) is 1. The number of hydrogen-bond acceptors (Lipinski definition) is 2. The molecule has 1 fully saturated rings. The van der Waals surface area contributed by atoms with Crippen LogP contribution < -0.4 is 5.32 Å². The molecule has 0 amide bonds. The Morgan fingerprint density at radius 2 is 2.00 bits per heavy atom. The highest BCUT2D eigenvalue weighted by atomic mass is 16.5. The van der Waals surface area contributed by atoms with E-state index >= 15 is 0 Å². The predicted octanol–water partition coefficient (Wildman–Crippen LogP) is 2.63. The van der Waals surface area contributed by atoms with Crippen molar-refractivity contribution in [2.75, 3.05) is 13.7 Å². The first-order valence-corrected chi connectivity index (χ1v) is 6.65. The van der Waals surface area contributed by atoms with E-state index in [1.807, 2.05) is 7.11 Å². The van der Waals surface area contributed by atoms with Crippen molar-refractivity contribution in [1.82, 2.24) is 5.32 Å². The van der Waals surface area contributed by atoms with E-state index < -0.39 is 0 Å². The van der Waals surface area contributed by atoms with E-state index in [1.165, 1.54) is 18.4 Å². The summed E-state index contributed by atoms with van der Waals surface area (Å²) >= 11 is 0.